The summed E-state index contributed by atoms with van der Waals surface area (Å²) in [5.74, 6) is -0.226. The van der Waals surface area contributed by atoms with Gasteiger partial charge in [0.15, 0.2) is 0 Å². The van der Waals surface area contributed by atoms with Crippen molar-refractivity contribution in [3.8, 4) is 0 Å². The molecular formula is C13H14BrFN2S. The Morgan fingerprint density at radius 2 is 2.28 bits per heavy atom. The smallest absolute Gasteiger partial charge is 0.124 e. The van der Waals surface area contributed by atoms with E-state index < -0.39 is 0 Å². The van der Waals surface area contributed by atoms with E-state index in [1.165, 1.54) is 12.1 Å². The second kappa shape index (κ2) is 5.91. The van der Waals surface area contributed by atoms with Crippen molar-refractivity contribution in [1.82, 2.24) is 10.3 Å². The van der Waals surface area contributed by atoms with Gasteiger partial charge in [-0.1, -0.05) is 22.0 Å². The summed E-state index contributed by atoms with van der Waals surface area (Å²) in [5.41, 5.74) is 2.11. The minimum atomic E-state index is -0.226. The van der Waals surface area contributed by atoms with E-state index >= 15 is 0 Å². The summed E-state index contributed by atoms with van der Waals surface area (Å²) in [7, 11) is 1.91. The molecule has 0 spiro atoms. The van der Waals surface area contributed by atoms with E-state index in [4.69, 9.17) is 0 Å². The summed E-state index contributed by atoms with van der Waals surface area (Å²) in [4.78, 5) is 4.49. The molecule has 0 aliphatic carbocycles. The third-order valence-corrected chi connectivity index (χ3v) is 4.31. The van der Waals surface area contributed by atoms with Crippen LogP contribution in [0.25, 0.3) is 0 Å². The summed E-state index contributed by atoms with van der Waals surface area (Å²) >= 11 is 5.04. The first-order valence-electron chi connectivity index (χ1n) is 5.63. The number of hydrogen-bond acceptors (Lipinski definition) is 3. The van der Waals surface area contributed by atoms with Gasteiger partial charge in [-0.2, -0.15) is 0 Å². The molecule has 0 saturated heterocycles. The maximum Gasteiger partial charge on any atom is 0.124 e. The van der Waals surface area contributed by atoms with Crippen molar-refractivity contribution in [1.29, 1.82) is 0 Å². The first-order valence-corrected chi connectivity index (χ1v) is 7.30. The van der Waals surface area contributed by atoms with Crippen LogP contribution in [-0.2, 0) is 6.42 Å². The summed E-state index contributed by atoms with van der Waals surface area (Å²) in [5, 5.41) is 6.37. The summed E-state index contributed by atoms with van der Waals surface area (Å²) in [6.07, 6.45) is 0.778. The van der Waals surface area contributed by atoms with Crippen LogP contribution in [0, 0.1) is 12.7 Å². The number of thiazole rings is 1. The van der Waals surface area contributed by atoms with E-state index in [9.17, 15) is 4.39 Å². The zero-order valence-electron chi connectivity index (χ0n) is 10.2. The number of aromatic nitrogens is 1. The Balaban J connectivity index is 2.20. The molecule has 5 heteroatoms. The van der Waals surface area contributed by atoms with Crippen molar-refractivity contribution in [2.75, 3.05) is 7.05 Å². The lowest BCUT2D eigenvalue weighted by Crippen LogP contribution is -2.19. The quantitative estimate of drug-likeness (QED) is 0.921. The summed E-state index contributed by atoms with van der Waals surface area (Å²) in [6.45, 7) is 1.99. The van der Waals surface area contributed by atoms with Crippen molar-refractivity contribution in [2.45, 2.75) is 19.4 Å². The first-order chi connectivity index (χ1) is 8.60. The van der Waals surface area contributed by atoms with E-state index in [2.05, 4.69) is 31.6 Å². The summed E-state index contributed by atoms with van der Waals surface area (Å²) in [6, 6.07) is 4.94. The molecule has 1 N–H and O–H groups in total. The van der Waals surface area contributed by atoms with Crippen LogP contribution in [0.5, 0.6) is 0 Å². The predicted octanol–water partition coefficient (Wildman–Crippen LogP) is 3.86. The lowest BCUT2D eigenvalue weighted by Gasteiger charge is -2.15. The lowest BCUT2D eigenvalue weighted by atomic mass is 10.0. The Morgan fingerprint density at radius 1 is 1.50 bits per heavy atom. The molecule has 2 rings (SSSR count). The molecule has 0 saturated carbocycles. The largest absolute Gasteiger partial charge is 0.311 e. The maximum atomic E-state index is 13.0. The first kappa shape index (κ1) is 13.6. The molecule has 0 aliphatic rings. The molecule has 1 aromatic carbocycles. The number of rotatable bonds is 4. The molecule has 2 nitrogen and oxygen atoms in total. The zero-order chi connectivity index (χ0) is 13.1. The molecule has 2 aromatic rings. The second-order valence-corrected chi connectivity index (χ2v) is 5.99. The molecule has 1 unspecified atom stereocenters. The molecule has 18 heavy (non-hydrogen) atoms. The van der Waals surface area contributed by atoms with Crippen LogP contribution in [-0.4, -0.2) is 12.0 Å². The van der Waals surface area contributed by atoms with Gasteiger partial charge in [0.2, 0.25) is 0 Å². The molecule has 1 atom stereocenters. The van der Waals surface area contributed by atoms with Crippen LogP contribution in [0.4, 0.5) is 4.39 Å². The van der Waals surface area contributed by atoms with Crippen LogP contribution in [0.1, 0.15) is 22.3 Å². The molecular weight excluding hydrogens is 315 g/mol. The Bertz CT molecular complexity index is 542. The Labute approximate surface area is 118 Å². The maximum absolute atomic E-state index is 13.0. The molecule has 1 heterocycles. The van der Waals surface area contributed by atoms with Crippen LogP contribution >= 0.6 is 27.3 Å². The average Bonchev–Trinajstić information content (AvgIpc) is 2.75. The van der Waals surface area contributed by atoms with E-state index in [1.807, 2.05) is 20.0 Å². The highest BCUT2D eigenvalue weighted by atomic mass is 79.9. The Kier molecular flexibility index (Phi) is 4.48. The van der Waals surface area contributed by atoms with E-state index in [-0.39, 0.29) is 11.9 Å². The van der Waals surface area contributed by atoms with Crippen LogP contribution < -0.4 is 5.32 Å². The average molecular weight is 329 g/mol. The SMILES string of the molecule is CNC(Cc1ccc(F)cc1Br)c1csc(C)n1. The molecule has 0 bridgehead atoms. The second-order valence-electron chi connectivity index (χ2n) is 4.07. The van der Waals surface area contributed by atoms with Gasteiger partial charge in [0.25, 0.3) is 0 Å². The van der Waals surface area contributed by atoms with Crippen LogP contribution in [0.15, 0.2) is 28.1 Å². The normalized spacial score (nSPS) is 12.7. The third-order valence-electron chi connectivity index (χ3n) is 2.78. The van der Waals surface area contributed by atoms with Crippen molar-refractivity contribution >= 4 is 27.3 Å². The van der Waals surface area contributed by atoms with E-state index in [0.29, 0.717) is 0 Å². The van der Waals surface area contributed by atoms with Crippen molar-refractivity contribution in [3.05, 3.63) is 50.1 Å². The fraction of sp³-hybridized carbons (Fsp3) is 0.308. The molecule has 96 valence electrons. The van der Waals surface area contributed by atoms with Crippen molar-refractivity contribution in [2.24, 2.45) is 0 Å². The molecule has 0 amide bonds. The topological polar surface area (TPSA) is 24.9 Å². The number of benzene rings is 1. The summed E-state index contributed by atoms with van der Waals surface area (Å²) < 4.78 is 13.8. The van der Waals surface area contributed by atoms with Gasteiger partial charge in [0.1, 0.15) is 5.82 Å². The van der Waals surface area contributed by atoms with Crippen LogP contribution in [0.2, 0.25) is 0 Å². The van der Waals surface area contributed by atoms with Gasteiger partial charge in [-0.25, -0.2) is 9.37 Å². The molecule has 0 aliphatic heterocycles. The minimum absolute atomic E-state index is 0.150. The van der Waals surface area contributed by atoms with Gasteiger partial charge in [-0.3, -0.25) is 0 Å². The minimum Gasteiger partial charge on any atom is -0.311 e. The number of hydrogen-bond donors (Lipinski definition) is 1. The fourth-order valence-corrected chi connectivity index (χ4v) is 2.98. The van der Waals surface area contributed by atoms with Gasteiger partial charge in [-0.15, -0.1) is 11.3 Å². The van der Waals surface area contributed by atoms with Crippen molar-refractivity contribution in [3.63, 3.8) is 0 Å². The van der Waals surface area contributed by atoms with Gasteiger partial charge in [0, 0.05) is 9.85 Å². The lowest BCUT2D eigenvalue weighted by molar-refractivity contribution is 0.575. The number of nitrogens with one attached hydrogen (secondary N) is 1. The van der Waals surface area contributed by atoms with E-state index in [1.54, 1.807) is 11.3 Å². The van der Waals surface area contributed by atoms with Gasteiger partial charge in [0.05, 0.1) is 16.7 Å². The highest BCUT2D eigenvalue weighted by molar-refractivity contribution is 9.10. The number of halogens is 2. The zero-order valence-corrected chi connectivity index (χ0v) is 12.6. The monoisotopic (exact) mass is 328 g/mol. The predicted molar refractivity (Wildman–Crippen MR) is 76.5 cm³/mol. The van der Waals surface area contributed by atoms with Gasteiger partial charge < -0.3 is 5.32 Å². The third kappa shape index (κ3) is 3.16. The highest BCUT2D eigenvalue weighted by Crippen LogP contribution is 2.25. The highest BCUT2D eigenvalue weighted by Gasteiger charge is 2.14. The standard InChI is InChI=1S/C13H14BrFN2S/c1-8-17-13(7-18-8)12(16-2)5-9-3-4-10(15)6-11(9)14/h3-4,6-7,12,16H,5H2,1-2H3. The molecule has 1 aromatic heterocycles. The molecule has 0 radical (unpaired) electrons. The number of likely N-dealkylation sites (N-methyl/N-ethyl adjacent to an activating group) is 1. The Hall–Kier alpha value is -0.780. The van der Waals surface area contributed by atoms with E-state index in [0.717, 1.165) is 27.2 Å². The molecule has 0 fully saturated rings. The number of aryl methyl sites for hydroxylation is 1. The van der Waals surface area contributed by atoms with Crippen LogP contribution in [0.3, 0.4) is 0 Å². The number of nitrogens with zero attached hydrogens (tertiary/aromatic N) is 1. The fourth-order valence-electron chi connectivity index (χ4n) is 1.80. The Morgan fingerprint density at radius 3 is 2.83 bits per heavy atom. The van der Waals surface area contributed by atoms with Gasteiger partial charge >= 0.3 is 0 Å². The van der Waals surface area contributed by atoms with Gasteiger partial charge in [-0.05, 0) is 38.1 Å². The van der Waals surface area contributed by atoms with Crippen molar-refractivity contribution < 1.29 is 4.39 Å².